The molecule has 0 bridgehead atoms. The number of hydrogen-bond acceptors (Lipinski definition) is 3. The van der Waals surface area contributed by atoms with Crippen LogP contribution < -0.4 is 14.8 Å². The fourth-order valence-electron chi connectivity index (χ4n) is 2.50. The van der Waals surface area contributed by atoms with Crippen molar-refractivity contribution in [3.63, 3.8) is 0 Å². The molecule has 1 rings (SSSR count). The summed E-state index contributed by atoms with van der Waals surface area (Å²) in [7, 11) is 0. The molecule has 0 heterocycles. The molecule has 0 aromatic heterocycles. The van der Waals surface area contributed by atoms with Crippen LogP contribution in [0.4, 0.5) is 0 Å². The molecule has 0 spiro atoms. The zero-order chi connectivity index (χ0) is 16.9. The summed E-state index contributed by atoms with van der Waals surface area (Å²) >= 11 is 3.64. The standard InChI is InChI=1S/C19H32BrNO2/c1-4-7-8-9-10-11-12-21-15-16-13-18(22-5-2)19(23-6-3)14-17(16)20/h13-14,21H,4-12,15H2,1-3H3. The van der Waals surface area contributed by atoms with Crippen molar-refractivity contribution in [3.8, 4) is 11.5 Å². The van der Waals surface area contributed by atoms with E-state index >= 15 is 0 Å². The lowest BCUT2D eigenvalue weighted by molar-refractivity contribution is 0.287. The maximum absolute atomic E-state index is 5.69. The molecule has 4 heteroatoms. The highest BCUT2D eigenvalue weighted by atomic mass is 79.9. The second-order valence-corrected chi connectivity index (χ2v) is 6.56. The minimum Gasteiger partial charge on any atom is -0.490 e. The van der Waals surface area contributed by atoms with Crippen LogP contribution in [0.5, 0.6) is 11.5 Å². The highest BCUT2D eigenvalue weighted by Crippen LogP contribution is 2.33. The van der Waals surface area contributed by atoms with E-state index < -0.39 is 0 Å². The molecule has 0 fully saturated rings. The van der Waals surface area contributed by atoms with Crippen LogP contribution in [-0.2, 0) is 6.54 Å². The summed E-state index contributed by atoms with van der Waals surface area (Å²) < 4.78 is 12.4. The summed E-state index contributed by atoms with van der Waals surface area (Å²) in [4.78, 5) is 0. The molecule has 0 saturated carbocycles. The molecule has 1 aromatic rings. The van der Waals surface area contributed by atoms with Gasteiger partial charge in [-0.1, -0.05) is 55.0 Å². The van der Waals surface area contributed by atoms with Crippen LogP contribution in [0.15, 0.2) is 16.6 Å². The van der Waals surface area contributed by atoms with Crippen LogP contribution in [0.3, 0.4) is 0 Å². The number of unbranched alkanes of at least 4 members (excludes halogenated alkanes) is 5. The van der Waals surface area contributed by atoms with Crippen molar-refractivity contribution < 1.29 is 9.47 Å². The topological polar surface area (TPSA) is 30.5 Å². The van der Waals surface area contributed by atoms with E-state index in [1.165, 1.54) is 44.1 Å². The Kier molecular flexibility index (Phi) is 11.2. The average molecular weight is 386 g/mol. The van der Waals surface area contributed by atoms with Crippen molar-refractivity contribution in [2.75, 3.05) is 19.8 Å². The Morgan fingerprint density at radius 1 is 0.870 bits per heavy atom. The van der Waals surface area contributed by atoms with Crippen LogP contribution in [-0.4, -0.2) is 19.8 Å². The molecule has 0 saturated heterocycles. The molecule has 1 aromatic carbocycles. The maximum Gasteiger partial charge on any atom is 0.162 e. The third-order valence-corrected chi connectivity index (χ3v) is 4.47. The minimum absolute atomic E-state index is 0.641. The lowest BCUT2D eigenvalue weighted by Crippen LogP contribution is -2.15. The van der Waals surface area contributed by atoms with Crippen LogP contribution in [0, 0.1) is 0 Å². The van der Waals surface area contributed by atoms with Crippen molar-refractivity contribution in [2.45, 2.75) is 65.8 Å². The van der Waals surface area contributed by atoms with Gasteiger partial charge in [0.15, 0.2) is 11.5 Å². The molecule has 0 atom stereocenters. The molecule has 0 amide bonds. The van der Waals surface area contributed by atoms with Gasteiger partial charge in [0, 0.05) is 11.0 Å². The van der Waals surface area contributed by atoms with Crippen molar-refractivity contribution in [1.82, 2.24) is 5.32 Å². The molecule has 3 nitrogen and oxygen atoms in total. The number of hydrogen-bond donors (Lipinski definition) is 1. The second kappa shape index (κ2) is 12.7. The van der Waals surface area contributed by atoms with Gasteiger partial charge in [-0.15, -0.1) is 0 Å². The Labute approximate surface area is 150 Å². The highest BCUT2D eigenvalue weighted by Gasteiger charge is 2.10. The van der Waals surface area contributed by atoms with E-state index in [1.807, 2.05) is 19.9 Å². The van der Waals surface area contributed by atoms with Gasteiger partial charge in [0.05, 0.1) is 13.2 Å². The first-order chi connectivity index (χ1) is 11.2. The fraction of sp³-hybridized carbons (Fsp3) is 0.684. The van der Waals surface area contributed by atoms with Crippen molar-refractivity contribution in [2.24, 2.45) is 0 Å². The third kappa shape index (κ3) is 8.07. The molecular weight excluding hydrogens is 354 g/mol. The number of halogens is 1. The van der Waals surface area contributed by atoms with E-state index in [9.17, 15) is 0 Å². The molecule has 23 heavy (non-hydrogen) atoms. The first-order valence-corrected chi connectivity index (χ1v) is 9.80. The van der Waals surface area contributed by atoms with E-state index in [-0.39, 0.29) is 0 Å². The number of benzene rings is 1. The largest absolute Gasteiger partial charge is 0.490 e. The molecule has 0 aliphatic rings. The Morgan fingerprint density at radius 3 is 2.13 bits per heavy atom. The zero-order valence-electron chi connectivity index (χ0n) is 14.9. The SMILES string of the molecule is CCCCCCCCNCc1cc(OCC)c(OCC)cc1Br. The summed E-state index contributed by atoms with van der Waals surface area (Å²) in [6, 6.07) is 4.09. The lowest BCUT2D eigenvalue weighted by Gasteiger charge is -2.14. The smallest absolute Gasteiger partial charge is 0.162 e. The lowest BCUT2D eigenvalue weighted by atomic mass is 10.1. The first-order valence-electron chi connectivity index (χ1n) is 9.01. The van der Waals surface area contributed by atoms with Crippen LogP contribution >= 0.6 is 15.9 Å². The minimum atomic E-state index is 0.641. The van der Waals surface area contributed by atoms with E-state index in [0.29, 0.717) is 13.2 Å². The van der Waals surface area contributed by atoms with Crippen molar-refractivity contribution in [1.29, 1.82) is 0 Å². The van der Waals surface area contributed by atoms with Gasteiger partial charge in [0.2, 0.25) is 0 Å². The molecule has 0 unspecified atom stereocenters. The Hall–Kier alpha value is -0.740. The average Bonchev–Trinajstić information content (AvgIpc) is 2.54. The van der Waals surface area contributed by atoms with E-state index in [0.717, 1.165) is 29.1 Å². The van der Waals surface area contributed by atoms with Crippen LogP contribution in [0.25, 0.3) is 0 Å². The van der Waals surface area contributed by atoms with Gasteiger partial charge in [-0.05, 0) is 44.5 Å². The molecule has 132 valence electrons. The van der Waals surface area contributed by atoms with E-state index in [2.05, 4.69) is 34.2 Å². The van der Waals surface area contributed by atoms with E-state index in [4.69, 9.17) is 9.47 Å². The van der Waals surface area contributed by atoms with Gasteiger partial charge in [-0.25, -0.2) is 0 Å². The molecule has 0 radical (unpaired) electrons. The Morgan fingerprint density at radius 2 is 1.48 bits per heavy atom. The highest BCUT2D eigenvalue weighted by molar-refractivity contribution is 9.10. The summed E-state index contributed by atoms with van der Waals surface area (Å²) in [5.74, 6) is 1.63. The van der Waals surface area contributed by atoms with Gasteiger partial charge >= 0.3 is 0 Å². The Bertz CT molecular complexity index is 438. The molecule has 0 aliphatic heterocycles. The third-order valence-electron chi connectivity index (χ3n) is 3.73. The number of ether oxygens (including phenoxy) is 2. The van der Waals surface area contributed by atoms with Crippen LogP contribution in [0.2, 0.25) is 0 Å². The monoisotopic (exact) mass is 385 g/mol. The van der Waals surface area contributed by atoms with Crippen molar-refractivity contribution >= 4 is 15.9 Å². The molecular formula is C19H32BrNO2. The summed E-state index contributed by atoms with van der Waals surface area (Å²) in [5.41, 5.74) is 1.21. The Balaban J connectivity index is 2.42. The first kappa shape index (κ1) is 20.3. The van der Waals surface area contributed by atoms with Gasteiger partial charge in [0.25, 0.3) is 0 Å². The number of nitrogens with one attached hydrogen (secondary N) is 1. The van der Waals surface area contributed by atoms with Gasteiger partial charge in [0.1, 0.15) is 0 Å². The molecule has 1 N–H and O–H groups in total. The second-order valence-electron chi connectivity index (χ2n) is 5.70. The van der Waals surface area contributed by atoms with Gasteiger partial charge in [-0.3, -0.25) is 0 Å². The van der Waals surface area contributed by atoms with Gasteiger partial charge in [-0.2, -0.15) is 0 Å². The van der Waals surface area contributed by atoms with Crippen molar-refractivity contribution in [3.05, 3.63) is 22.2 Å². The summed E-state index contributed by atoms with van der Waals surface area (Å²) in [6.45, 7) is 9.44. The maximum atomic E-state index is 5.69. The number of rotatable bonds is 13. The summed E-state index contributed by atoms with van der Waals surface area (Å²) in [5, 5.41) is 3.53. The predicted octanol–water partition coefficient (Wildman–Crippen LogP) is 5.70. The zero-order valence-corrected chi connectivity index (χ0v) is 16.5. The quantitative estimate of drug-likeness (QED) is 0.442. The molecule has 0 aliphatic carbocycles. The van der Waals surface area contributed by atoms with E-state index in [1.54, 1.807) is 0 Å². The normalized spacial score (nSPS) is 10.8. The van der Waals surface area contributed by atoms with Gasteiger partial charge < -0.3 is 14.8 Å². The fourth-order valence-corrected chi connectivity index (χ4v) is 2.97. The van der Waals surface area contributed by atoms with Crippen LogP contribution in [0.1, 0.15) is 64.9 Å². The summed E-state index contributed by atoms with van der Waals surface area (Å²) in [6.07, 6.45) is 7.98. The predicted molar refractivity (Wildman–Crippen MR) is 102 cm³/mol.